The number of nitrogens with zero attached hydrogens (tertiary/aromatic N) is 1. The van der Waals surface area contributed by atoms with Crippen molar-refractivity contribution >= 4 is 5.97 Å². The summed E-state index contributed by atoms with van der Waals surface area (Å²) in [6.45, 7) is 1.41. The lowest BCUT2D eigenvalue weighted by atomic mass is 10.1. The molecule has 1 heterocycles. The third-order valence-corrected chi connectivity index (χ3v) is 1.71. The van der Waals surface area contributed by atoms with Crippen molar-refractivity contribution in [3.63, 3.8) is 0 Å². The smallest absolute Gasteiger partial charge is 0.434 e. The Morgan fingerprint density at radius 1 is 1.40 bits per heavy atom. The molecule has 82 valence electrons. The lowest BCUT2D eigenvalue weighted by molar-refractivity contribution is -0.141. The van der Waals surface area contributed by atoms with Crippen LogP contribution in [0, 0.1) is 6.92 Å². The monoisotopic (exact) mass is 219 g/mol. The Kier molecular flexibility index (Phi) is 2.97. The number of carbonyl (C=O) groups is 1. The number of carbonyl (C=O) groups excluding carboxylic acids is 1. The number of pyridine rings is 1. The molecule has 1 aromatic rings. The molecule has 0 saturated carbocycles. The lowest BCUT2D eigenvalue weighted by Gasteiger charge is -2.10. The summed E-state index contributed by atoms with van der Waals surface area (Å²) in [7, 11) is 1.02. The van der Waals surface area contributed by atoms with E-state index in [0.29, 0.717) is 0 Å². The first kappa shape index (κ1) is 11.5. The molecule has 0 bridgehead atoms. The second-order valence-electron chi connectivity index (χ2n) is 2.84. The summed E-state index contributed by atoms with van der Waals surface area (Å²) in [6.07, 6.45) is -4.66. The van der Waals surface area contributed by atoms with Gasteiger partial charge in [-0.15, -0.1) is 0 Å². The van der Waals surface area contributed by atoms with Crippen molar-refractivity contribution < 1.29 is 22.7 Å². The number of hydrogen-bond acceptors (Lipinski definition) is 3. The summed E-state index contributed by atoms with van der Waals surface area (Å²) in [5.74, 6) is -1.05. The quantitative estimate of drug-likeness (QED) is 0.679. The fourth-order valence-corrected chi connectivity index (χ4v) is 1.05. The summed E-state index contributed by atoms with van der Waals surface area (Å²) in [6, 6.07) is 2.37. The molecule has 0 amide bonds. The van der Waals surface area contributed by atoms with Gasteiger partial charge in [-0.2, -0.15) is 13.2 Å². The third-order valence-electron chi connectivity index (χ3n) is 1.71. The van der Waals surface area contributed by atoms with Gasteiger partial charge in [0.05, 0.1) is 12.7 Å². The summed E-state index contributed by atoms with van der Waals surface area (Å²) < 4.78 is 41.6. The number of halogens is 3. The molecule has 0 atom stereocenters. The second-order valence-corrected chi connectivity index (χ2v) is 2.84. The maximum atomic E-state index is 12.5. The van der Waals surface area contributed by atoms with Crippen molar-refractivity contribution in [1.82, 2.24) is 4.98 Å². The zero-order valence-corrected chi connectivity index (χ0v) is 8.05. The predicted octanol–water partition coefficient (Wildman–Crippen LogP) is 2.20. The average Bonchev–Trinajstić information content (AvgIpc) is 2.15. The van der Waals surface area contributed by atoms with Crippen molar-refractivity contribution in [3.8, 4) is 0 Å². The largest absolute Gasteiger partial charge is 0.465 e. The van der Waals surface area contributed by atoms with Crippen LogP contribution in [0.25, 0.3) is 0 Å². The number of aromatic nitrogens is 1. The first-order valence-electron chi connectivity index (χ1n) is 3.99. The Labute approximate surface area is 83.9 Å². The van der Waals surface area contributed by atoms with Gasteiger partial charge in [-0.3, -0.25) is 0 Å². The topological polar surface area (TPSA) is 39.2 Å². The number of aryl methyl sites for hydroxylation is 1. The molecule has 0 unspecified atom stereocenters. The van der Waals surface area contributed by atoms with Crippen molar-refractivity contribution in [2.75, 3.05) is 7.11 Å². The minimum Gasteiger partial charge on any atom is -0.465 e. The molecule has 0 aliphatic rings. The molecule has 1 rings (SSSR count). The van der Waals surface area contributed by atoms with Gasteiger partial charge in [-0.25, -0.2) is 9.78 Å². The number of ether oxygens (including phenoxy) is 1. The zero-order valence-electron chi connectivity index (χ0n) is 8.05. The van der Waals surface area contributed by atoms with E-state index in [1.165, 1.54) is 13.0 Å². The molecule has 0 fully saturated rings. The van der Waals surface area contributed by atoms with Crippen LogP contribution >= 0.6 is 0 Å². The van der Waals surface area contributed by atoms with E-state index in [1.54, 1.807) is 0 Å². The molecule has 0 aliphatic carbocycles. The van der Waals surface area contributed by atoms with Crippen molar-refractivity contribution in [2.45, 2.75) is 13.1 Å². The number of rotatable bonds is 1. The summed E-state index contributed by atoms with van der Waals surface area (Å²) in [4.78, 5) is 14.3. The second kappa shape index (κ2) is 3.88. The van der Waals surface area contributed by atoms with E-state index in [1.807, 2.05) is 0 Å². The van der Waals surface area contributed by atoms with Crippen LogP contribution in [0.1, 0.15) is 21.7 Å². The van der Waals surface area contributed by atoms with Gasteiger partial charge in [-0.05, 0) is 19.1 Å². The summed E-state index contributed by atoms with van der Waals surface area (Å²) in [5.41, 5.74) is -1.60. The Morgan fingerprint density at radius 3 is 2.47 bits per heavy atom. The van der Waals surface area contributed by atoms with Gasteiger partial charge in [0.25, 0.3) is 0 Å². The Bertz CT molecular complexity index is 387. The van der Waals surface area contributed by atoms with Crippen LogP contribution in [0.5, 0.6) is 0 Å². The molecule has 6 heteroatoms. The van der Waals surface area contributed by atoms with Crippen molar-refractivity contribution in [1.29, 1.82) is 0 Å². The normalized spacial score (nSPS) is 11.3. The van der Waals surface area contributed by atoms with Crippen LogP contribution in [-0.2, 0) is 10.9 Å². The summed E-state index contributed by atoms with van der Waals surface area (Å²) >= 11 is 0. The zero-order chi connectivity index (χ0) is 11.6. The summed E-state index contributed by atoms with van der Waals surface area (Å²) in [5, 5.41) is 0. The van der Waals surface area contributed by atoms with Gasteiger partial charge in [0.15, 0.2) is 5.69 Å². The van der Waals surface area contributed by atoms with E-state index >= 15 is 0 Å². The van der Waals surface area contributed by atoms with E-state index in [4.69, 9.17) is 0 Å². The molecule has 1 aromatic heterocycles. The first-order valence-corrected chi connectivity index (χ1v) is 3.99. The highest BCUT2D eigenvalue weighted by atomic mass is 19.4. The number of alkyl halides is 3. The minimum absolute atomic E-state index is 0.190. The first-order chi connectivity index (χ1) is 6.86. The van der Waals surface area contributed by atoms with Crippen LogP contribution in [-0.4, -0.2) is 18.1 Å². The number of methoxy groups -OCH3 is 1. The van der Waals surface area contributed by atoms with E-state index in [-0.39, 0.29) is 5.69 Å². The Hall–Kier alpha value is -1.59. The fraction of sp³-hybridized carbons (Fsp3) is 0.333. The molecule has 0 saturated heterocycles. The van der Waals surface area contributed by atoms with Crippen LogP contribution in [0.3, 0.4) is 0 Å². The third kappa shape index (κ3) is 2.45. The van der Waals surface area contributed by atoms with E-state index < -0.39 is 23.4 Å². The van der Waals surface area contributed by atoms with Gasteiger partial charge >= 0.3 is 12.1 Å². The molecule has 0 aliphatic heterocycles. The highest BCUT2D eigenvalue weighted by Gasteiger charge is 2.37. The lowest BCUT2D eigenvalue weighted by Crippen LogP contribution is -2.16. The fourth-order valence-electron chi connectivity index (χ4n) is 1.05. The average molecular weight is 219 g/mol. The Balaban J connectivity index is 3.33. The van der Waals surface area contributed by atoms with Crippen molar-refractivity contribution in [3.05, 3.63) is 29.1 Å². The van der Waals surface area contributed by atoms with Gasteiger partial charge in [0, 0.05) is 5.69 Å². The van der Waals surface area contributed by atoms with E-state index in [2.05, 4.69) is 9.72 Å². The molecule has 0 N–H and O–H groups in total. The van der Waals surface area contributed by atoms with Gasteiger partial charge in [-0.1, -0.05) is 0 Å². The number of hydrogen-bond donors (Lipinski definition) is 0. The highest BCUT2D eigenvalue weighted by Crippen LogP contribution is 2.30. The molecule has 15 heavy (non-hydrogen) atoms. The maximum absolute atomic E-state index is 12.5. The minimum atomic E-state index is -4.66. The van der Waals surface area contributed by atoms with E-state index in [0.717, 1.165) is 13.2 Å². The van der Waals surface area contributed by atoms with Gasteiger partial charge < -0.3 is 4.74 Å². The molecule has 0 radical (unpaired) electrons. The maximum Gasteiger partial charge on any atom is 0.434 e. The van der Waals surface area contributed by atoms with Crippen LogP contribution in [0.15, 0.2) is 12.1 Å². The molecule has 0 aromatic carbocycles. The molecule has 3 nitrogen and oxygen atoms in total. The van der Waals surface area contributed by atoms with Gasteiger partial charge in [0.2, 0.25) is 0 Å². The van der Waals surface area contributed by atoms with Crippen LogP contribution < -0.4 is 0 Å². The van der Waals surface area contributed by atoms with Crippen LogP contribution in [0.4, 0.5) is 13.2 Å². The SMILES string of the molecule is COC(=O)c1ccc(C)nc1C(F)(F)F. The van der Waals surface area contributed by atoms with Gasteiger partial charge in [0.1, 0.15) is 0 Å². The molecular formula is C9H8F3NO2. The predicted molar refractivity (Wildman–Crippen MR) is 45.3 cm³/mol. The number of esters is 1. The Morgan fingerprint density at radius 2 is 2.00 bits per heavy atom. The molecule has 0 spiro atoms. The standard InChI is InChI=1S/C9H8F3NO2/c1-5-3-4-6(8(14)15-2)7(13-5)9(10,11)12/h3-4H,1-2H3. The highest BCUT2D eigenvalue weighted by molar-refractivity contribution is 5.90. The van der Waals surface area contributed by atoms with Crippen LogP contribution in [0.2, 0.25) is 0 Å². The molecular weight excluding hydrogens is 211 g/mol. The van der Waals surface area contributed by atoms with E-state index in [9.17, 15) is 18.0 Å². The van der Waals surface area contributed by atoms with Crippen molar-refractivity contribution in [2.24, 2.45) is 0 Å².